The molecule has 2 saturated heterocycles. The van der Waals surface area contributed by atoms with Crippen LogP contribution in [-0.2, 0) is 11.3 Å². The molecular formula is C20H31N3O2. The monoisotopic (exact) mass is 345 g/mol. The number of carbonyl (C=O) groups excluding carboxylic acids is 1. The van der Waals surface area contributed by atoms with E-state index in [1.54, 1.807) is 7.11 Å². The fourth-order valence-electron chi connectivity index (χ4n) is 3.96. The van der Waals surface area contributed by atoms with E-state index in [-0.39, 0.29) is 12.1 Å². The molecule has 2 aliphatic heterocycles. The van der Waals surface area contributed by atoms with Crippen LogP contribution in [0, 0.1) is 5.92 Å². The summed E-state index contributed by atoms with van der Waals surface area (Å²) >= 11 is 0. The SMILES string of the molecule is CO[C@@H]1CCCN(C(=O)NC[C@@H]2CCCN(Cc3ccccc3)C2)C1. The van der Waals surface area contributed by atoms with Crippen molar-refractivity contribution < 1.29 is 9.53 Å². The van der Waals surface area contributed by atoms with Gasteiger partial charge in [-0.3, -0.25) is 4.90 Å². The summed E-state index contributed by atoms with van der Waals surface area (Å²) in [7, 11) is 1.73. The Hall–Kier alpha value is -1.59. The maximum Gasteiger partial charge on any atom is 0.317 e. The van der Waals surface area contributed by atoms with Crippen molar-refractivity contribution in [1.82, 2.24) is 15.1 Å². The van der Waals surface area contributed by atoms with Crippen LogP contribution in [0.25, 0.3) is 0 Å². The van der Waals surface area contributed by atoms with Gasteiger partial charge in [0, 0.05) is 39.8 Å². The highest BCUT2D eigenvalue weighted by molar-refractivity contribution is 5.74. The second-order valence-electron chi connectivity index (χ2n) is 7.36. The highest BCUT2D eigenvalue weighted by atomic mass is 16.5. The number of rotatable bonds is 5. The first-order valence-corrected chi connectivity index (χ1v) is 9.56. The van der Waals surface area contributed by atoms with Gasteiger partial charge in [-0.25, -0.2) is 4.79 Å². The Bertz CT molecular complexity index is 537. The molecule has 5 heteroatoms. The van der Waals surface area contributed by atoms with Crippen molar-refractivity contribution in [2.45, 2.75) is 38.3 Å². The molecule has 1 aromatic carbocycles. The van der Waals surface area contributed by atoms with Gasteiger partial charge in [0.1, 0.15) is 0 Å². The second kappa shape index (κ2) is 9.20. The molecule has 3 rings (SSSR count). The van der Waals surface area contributed by atoms with Gasteiger partial charge in [0.05, 0.1) is 6.10 Å². The van der Waals surface area contributed by atoms with Gasteiger partial charge in [-0.15, -0.1) is 0 Å². The zero-order chi connectivity index (χ0) is 17.5. The lowest BCUT2D eigenvalue weighted by atomic mass is 9.97. The largest absolute Gasteiger partial charge is 0.380 e. The molecule has 2 fully saturated rings. The molecule has 0 aromatic heterocycles. The number of ether oxygens (including phenoxy) is 1. The summed E-state index contributed by atoms with van der Waals surface area (Å²) in [5, 5.41) is 3.16. The number of hydrogen-bond donors (Lipinski definition) is 1. The maximum absolute atomic E-state index is 12.4. The van der Waals surface area contributed by atoms with E-state index in [0.717, 1.165) is 45.6 Å². The van der Waals surface area contributed by atoms with Crippen LogP contribution >= 0.6 is 0 Å². The van der Waals surface area contributed by atoms with Gasteiger partial charge in [-0.1, -0.05) is 30.3 Å². The van der Waals surface area contributed by atoms with Gasteiger partial charge < -0.3 is 15.0 Å². The molecular weight excluding hydrogens is 314 g/mol. The lowest BCUT2D eigenvalue weighted by Gasteiger charge is -2.35. The fourth-order valence-corrected chi connectivity index (χ4v) is 3.96. The first-order valence-electron chi connectivity index (χ1n) is 9.56. The van der Waals surface area contributed by atoms with Gasteiger partial charge in [-0.05, 0) is 43.7 Å². The minimum absolute atomic E-state index is 0.0712. The molecule has 0 unspecified atom stereocenters. The van der Waals surface area contributed by atoms with Crippen molar-refractivity contribution in [2.75, 3.05) is 39.8 Å². The van der Waals surface area contributed by atoms with E-state index in [0.29, 0.717) is 12.5 Å². The number of benzene rings is 1. The van der Waals surface area contributed by atoms with Crippen LogP contribution in [0.15, 0.2) is 30.3 Å². The smallest absolute Gasteiger partial charge is 0.317 e. The minimum Gasteiger partial charge on any atom is -0.380 e. The summed E-state index contributed by atoms with van der Waals surface area (Å²) in [4.78, 5) is 16.8. The van der Waals surface area contributed by atoms with E-state index in [2.05, 4.69) is 40.5 Å². The van der Waals surface area contributed by atoms with Crippen molar-refractivity contribution in [3.05, 3.63) is 35.9 Å². The van der Waals surface area contributed by atoms with Gasteiger partial charge in [0.2, 0.25) is 0 Å². The molecule has 0 bridgehead atoms. The first kappa shape index (κ1) is 18.2. The third-order valence-corrected chi connectivity index (χ3v) is 5.39. The van der Waals surface area contributed by atoms with E-state index < -0.39 is 0 Å². The number of amides is 2. The lowest BCUT2D eigenvalue weighted by Crippen LogP contribution is -2.49. The molecule has 25 heavy (non-hydrogen) atoms. The van der Waals surface area contributed by atoms with Crippen molar-refractivity contribution in [3.63, 3.8) is 0 Å². The molecule has 2 amide bonds. The van der Waals surface area contributed by atoms with Crippen LogP contribution in [-0.4, -0.2) is 61.8 Å². The molecule has 0 saturated carbocycles. The topological polar surface area (TPSA) is 44.8 Å². The maximum atomic E-state index is 12.4. The van der Waals surface area contributed by atoms with Crippen molar-refractivity contribution in [2.24, 2.45) is 5.92 Å². The van der Waals surface area contributed by atoms with Crippen molar-refractivity contribution in [1.29, 1.82) is 0 Å². The van der Waals surface area contributed by atoms with Crippen LogP contribution in [0.5, 0.6) is 0 Å². The predicted octanol–water partition coefficient (Wildman–Crippen LogP) is 2.72. The van der Waals surface area contributed by atoms with E-state index in [9.17, 15) is 4.79 Å². The highest BCUT2D eigenvalue weighted by Crippen LogP contribution is 2.18. The Morgan fingerprint density at radius 1 is 1.16 bits per heavy atom. The molecule has 0 radical (unpaired) electrons. The number of nitrogens with zero attached hydrogens (tertiary/aromatic N) is 2. The average Bonchev–Trinajstić information content (AvgIpc) is 2.67. The van der Waals surface area contributed by atoms with Crippen LogP contribution in [0.4, 0.5) is 4.79 Å². The quantitative estimate of drug-likeness (QED) is 0.892. The van der Waals surface area contributed by atoms with E-state index in [1.165, 1.54) is 18.4 Å². The second-order valence-corrected chi connectivity index (χ2v) is 7.36. The summed E-state index contributed by atoms with van der Waals surface area (Å²) in [5.41, 5.74) is 1.37. The Morgan fingerprint density at radius 3 is 2.76 bits per heavy atom. The zero-order valence-corrected chi connectivity index (χ0v) is 15.3. The van der Waals surface area contributed by atoms with Gasteiger partial charge >= 0.3 is 6.03 Å². The Morgan fingerprint density at radius 2 is 1.96 bits per heavy atom. The highest BCUT2D eigenvalue weighted by Gasteiger charge is 2.25. The number of nitrogens with one attached hydrogen (secondary N) is 1. The number of likely N-dealkylation sites (tertiary alicyclic amines) is 2. The minimum atomic E-state index is 0.0712. The zero-order valence-electron chi connectivity index (χ0n) is 15.3. The number of methoxy groups -OCH3 is 1. The third-order valence-electron chi connectivity index (χ3n) is 5.39. The summed E-state index contributed by atoms with van der Waals surface area (Å²) in [5.74, 6) is 0.546. The average molecular weight is 345 g/mol. The Labute approximate surface area is 151 Å². The van der Waals surface area contributed by atoms with Gasteiger partial charge in [0.25, 0.3) is 0 Å². The predicted molar refractivity (Wildman–Crippen MR) is 99.4 cm³/mol. The van der Waals surface area contributed by atoms with Crippen LogP contribution in [0.3, 0.4) is 0 Å². The van der Waals surface area contributed by atoms with Gasteiger partial charge in [0.15, 0.2) is 0 Å². The Balaban J connectivity index is 1.42. The fraction of sp³-hybridized carbons (Fsp3) is 0.650. The summed E-state index contributed by atoms with van der Waals surface area (Å²) in [6.45, 7) is 5.56. The number of urea groups is 1. The lowest BCUT2D eigenvalue weighted by molar-refractivity contribution is 0.0431. The molecule has 2 heterocycles. The molecule has 0 spiro atoms. The molecule has 2 atom stereocenters. The van der Waals surface area contributed by atoms with E-state index in [4.69, 9.17) is 4.74 Å². The number of piperidine rings is 2. The number of hydrogen-bond acceptors (Lipinski definition) is 3. The van der Waals surface area contributed by atoms with Crippen LogP contribution in [0.2, 0.25) is 0 Å². The van der Waals surface area contributed by atoms with E-state index in [1.807, 2.05) is 4.90 Å². The first-order chi connectivity index (χ1) is 12.2. The Kier molecular flexibility index (Phi) is 6.70. The normalized spacial score (nSPS) is 24.9. The van der Waals surface area contributed by atoms with Gasteiger partial charge in [-0.2, -0.15) is 0 Å². The summed E-state index contributed by atoms with van der Waals surface area (Å²) in [6.07, 6.45) is 4.68. The summed E-state index contributed by atoms with van der Waals surface area (Å²) < 4.78 is 5.41. The van der Waals surface area contributed by atoms with Crippen LogP contribution in [0.1, 0.15) is 31.2 Å². The van der Waals surface area contributed by atoms with Crippen molar-refractivity contribution in [3.8, 4) is 0 Å². The molecule has 1 aromatic rings. The molecule has 1 N–H and O–H groups in total. The van der Waals surface area contributed by atoms with Crippen molar-refractivity contribution >= 4 is 6.03 Å². The summed E-state index contributed by atoms with van der Waals surface area (Å²) in [6, 6.07) is 10.7. The van der Waals surface area contributed by atoms with E-state index >= 15 is 0 Å². The standard InChI is InChI=1S/C20H31N3O2/c1-25-19-10-6-12-23(16-19)20(24)21-13-18-9-5-11-22(15-18)14-17-7-3-2-4-8-17/h2-4,7-8,18-19H,5-6,9-16H2,1H3,(H,21,24)/t18-,19+/m0/s1. The number of carbonyl (C=O) groups is 1. The molecule has 0 aliphatic carbocycles. The third kappa shape index (κ3) is 5.44. The van der Waals surface area contributed by atoms with Crippen LogP contribution < -0.4 is 5.32 Å². The molecule has 5 nitrogen and oxygen atoms in total. The molecule has 138 valence electrons. The molecule has 2 aliphatic rings.